The number of aromatic nitrogens is 2. The minimum absolute atomic E-state index is 0.0911. The number of fused-ring (bicyclic) bond motifs is 1. The van der Waals surface area contributed by atoms with Crippen LogP contribution >= 0.6 is 0 Å². The minimum atomic E-state index is -0.0911. The highest BCUT2D eigenvalue weighted by Gasteiger charge is 2.24. The van der Waals surface area contributed by atoms with Gasteiger partial charge in [0, 0.05) is 33.4 Å². The van der Waals surface area contributed by atoms with Crippen molar-refractivity contribution in [3.05, 3.63) is 89.2 Å². The number of methoxy groups -OCH3 is 1. The summed E-state index contributed by atoms with van der Waals surface area (Å²) in [5.74, 6) is 1.70. The lowest BCUT2D eigenvalue weighted by atomic mass is 9.95. The Balaban J connectivity index is 1.91. The Hall–Kier alpha value is -3.27. The number of hydrogen-bond acceptors (Lipinski definition) is 3. The van der Waals surface area contributed by atoms with Gasteiger partial charge < -0.3 is 15.0 Å². The van der Waals surface area contributed by atoms with Gasteiger partial charge in [-0.25, -0.2) is 4.98 Å². The van der Waals surface area contributed by atoms with Crippen molar-refractivity contribution in [3.63, 3.8) is 0 Å². The molecule has 4 heteroatoms. The first-order valence-electron chi connectivity index (χ1n) is 9.07. The van der Waals surface area contributed by atoms with Gasteiger partial charge in [0.2, 0.25) is 0 Å². The average Bonchev–Trinajstić information content (AvgIpc) is 3.02. The summed E-state index contributed by atoms with van der Waals surface area (Å²) in [4.78, 5) is 8.16. The van der Waals surface area contributed by atoms with Crippen LogP contribution in [0, 0.1) is 13.8 Å². The molecule has 27 heavy (non-hydrogen) atoms. The largest absolute Gasteiger partial charge is 0.496 e. The van der Waals surface area contributed by atoms with E-state index >= 15 is 0 Å². The lowest BCUT2D eigenvalue weighted by molar-refractivity contribution is 0.408. The number of hydrogen-bond donors (Lipinski definition) is 2. The molecule has 0 amide bonds. The number of nitrogens with zero attached hydrogens (tertiary/aromatic N) is 1. The van der Waals surface area contributed by atoms with Crippen LogP contribution in [-0.2, 0) is 0 Å². The molecule has 0 fully saturated rings. The molecule has 4 nitrogen and oxygen atoms in total. The van der Waals surface area contributed by atoms with Crippen molar-refractivity contribution in [2.45, 2.75) is 19.9 Å². The molecular weight excluding hydrogens is 334 g/mol. The number of ether oxygens (including phenoxy) is 1. The average molecular weight is 357 g/mol. The maximum atomic E-state index is 5.67. The molecule has 0 unspecified atom stereocenters. The van der Waals surface area contributed by atoms with Crippen molar-refractivity contribution in [2.24, 2.45) is 0 Å². The Bertz CT molecular complexity index is 1080. The number of aromatic amines is 1. The number of nitrogens with one attached hydrogen (secondary N) is 2. The van der Waals surface area contributed by atoms with Crippen LogP contribution in [0.1, 0.15) is 28.6 Å². The zero-order valence-electron chi connectivity index (χ0n) is 15.8. The first kappa shape index (κ1) is 17.2. The van der Waals surface area contributed by atoms with Crippen molar-refractivity contribution < 1.29 is 4.74 Å². The predicted molar refractivity (Wildman–Crippen MR) is 110 cm³/mol. The highest BCUT2D eigenvalue weighted by molar-refractivity contribution is 5.86. The van der Waals surface area contributed by atoms with E-state index in [1.54, 1.807) is 7.11 Å². The predicted octanol–water partition coefficient (Wildman–Crippen LogP) is 5.39. The highest BCUT2D eigenvalue weighted by atomic mass is 16.5. The fraction of sp³-hybridized carbons (Fsp3) is 0.174. The number of benzene rings is 2. The lowest BCUT2D eigenvalue weighted by Crippen LogP contribution is -2.15. The summed E-state index contributed by atoms with van der Waals surface area (Å²) in [7, 11) is 1.71. The van der Waals surface area contributed by atoms with Crippen LogP contribution in [0.4, 0.5) is 5.82 Å². The Labute approximate surface area is 159 Å². The molecule has 2 aromatic heterocycles. The number of H-pyrrole nitrogens is 1. The van der Waals surface area contributed by atoms with Crippen molar-refractivity contribution in [1.82, 2.24) is 9.97 Å². The van der Waals surface area contributed by atoms with Gasteiger partial charge in [-0.1, -0.05) is 42.5 Å². The van der Waals surface area contributed by atoms with E-state index in [0.717, 1.165) is 34.0 Å². The summed E-state index contributed by atoms with van der Waals surface area (Å²) < 4.78 is 5.67. The molecule has 0 aliphatic rings. The first-order chi connectivity index (χ1) is 13.2. The fourth-order valence-electron chi connectivity index (χ4n) is 3.65. The zero-order chi connectivity index (χ0) is 18.8. The second-order valence-corrected chi connectivity index (χ2v) is 6.69. The molecule has 4 rings (SSSR count). The Morgan fingerprint density at radius 3 is 2.52 bits per heavy atom. The van der Waals surface area contributed by atoms with Crippen LogP contribution in [0.15, 0.2) is 66.7 Å². The maximum absolute atomic E-state index is 5.67. The smallest absolute Gasteiger partial charge is 0.126 e. The molecule has 0 saturated carbocycles. The standard InChI is InChI=1S/C23H23N3O/c1-15-9-8-14-21(24-15)26-23(18-11-5-7-13-20(18)27-3)22-16(2)25-19-12-6-4-10-17(19)22/h4-14,23,25H,1-3H3,(H,24,26)/t23-/m0/s1. The van der Waals surface area contributed by atoms with Gasteiger partial charge >= 0.3 is 0 Å². The SMILES string of the molecule is COc1ccccc1[C@H](Nc1cccc(C)n1)c1c(C)[nH]c2ccccc12. The van der Waals surface area contributed by atoms with Crippen molar-refractivity contribution in [3.8, 4) is 5.75 Å². The molecule has 0 aliphatic heterocycles. The molecule has 2 heterocycles. The quantitative estimate of drug-likeness (QED) is 0.503. The molecule has 2 aromatic carbocycles. The van der Waals surface area contributed by atoms with Crippen LogP contribution in [0.2, 0.25) is 0 Å². The zero-order valence-corrected chi connectivity index (χ0v) is 15.8. The molecule has 1 atom stereocenters. The molecule has 2 N–H and O–H groups in total. The summed E-state index contributed by atoms with van der Waals surface area (Å²) in [6.45, 7) is 4.11. The second kappa shape index (κ2) is 7.16. The van der Waals surface area contributed by atoms with Crippen LogP contribution in [-0.4, -0.2) is 17.1 Å². The summed E-state index contributed by atoms with van der Waals surface area (Å²) >= 11 is 0. The van der Waals surface area contributed by atoms with Crippen molar-refractivity contribution >= 4 is 16.7 Å². The van der Waals surface area contributed by atoms with Crippen LogP contribution in [0.3, 0.4) is 0 Å². The van der Waals surface area contributed by atoms with E-state index in [-0.39, 0.29) is 6.04 Å². The van der Waals surface area contributed by atoms with E-state index in [9.17, 15) is 0 Å². The van der Waals surface area contributed by atoms with E-state index in [1.807, 2.05) is 43.3 Å². The Morgan fingerprint density at radius 1 is 0.926 bits per heavy atom. The van der Waals surface area contributed by atoms with Gasteiger partial charge in [0.1, 0.15) is 11.6 Å². The molecule has 0 saturated heterocycles. The number of pyridine rings is 1. The van der Waals surface area contributed by atoms with E-state index in [0.29, 0.717) is 0 Å². The van der Waals surface area contributed by atoms with Gasteiger partial charge in [0.15, 0.2) is 0 Å². The number of para-hydroxylation sites is 2. The van der Waals surface area contributed by atoms with E-state index in [2.05, 4.69) is 52.5 Å². The first-order valence-corrected chi connectivity index (χ1v) is 9.07. The lowest BCUT2D eigenvalue weighted by Gasteiger charge is -2.23. The molecule has 0 bridgehead atoms. The van der Waals surface area contributed by atoms with E-state index < -0.39 is 0 Å². The summed E-state index contributed by atoms with van der Waals surface area (Å²) in [5.41, 5.74) is 5.53. The number of aryl methyl sites for hydroxylation is 2. The molecule has 136 valence electrons. The molecular formula is C23H23N3O. The van der Waals surface area contributed by atoms with Gasteiger partial charge in [-0.3, -0.25) is 0 Å². The van der Waals surface area contributed by atoms with Gasteiger partial charge in [-0.05, 0) is 38.1 Å². The normalized spacial score (nSPS) is 12.1. The summed E-state index contributed by atoms with van der Waals surface area (Å²) in [6.07, 6.45) is 0. The third-order valence-electron chi connectivity index (χ3n) is 4.86. The summed E-state index contributed by atoms with van der Waals surface area (Å²) in [6, 6.07) is 22.5. The van der Waals surface area contributed by atoms with Gasteiger partial charge in [0.25, 0.3) is 0 Å². The molecule has 0 aliphatic carbocycles. The Morgan fingerprint density at radius 2 is 1.70 bits per heavy atom. The second-order valence-electron chi connectivity index (χ2n) is 6.69. The van der Waals surface area contributed by atoms with E-state index in [1.165, 1.54) is 10.9 Å². The van der Waals surface area contributed by atoms with Crippen molar-refractivity contribution in [1.29, 1.82) is 0 Å². The fourth-order valence-corrected chi connectivity index (χ4v) is 3.65. The van der Waals surface area contributed by atoms with Crippen molar-refractivity contribution in [2.75, 3.05) is 12.4 Å². The molecule has 4 aromatic rings. The number of rotatable bonds is 5. The van der Waals surface area contributed by atoms with Crippen LogP contribution in [0.25, 0.3) is 10.9 Å². The van der Waals surface area contributed by atoms with Gasteiger partial charge in [-0.15, -0.1) is 0 Å². The highest BCUT2D eigenvalue weighted by Crippen LogP contribution is 2.37. The van der Waals surface area contributed by atoms with Crippen LogP contribution < -0.4 is 10.1 Å². The topological polar surface area (TPSA) is 49.9 Å². The van der Waals surface area contributed by atoms with Gasteiger partial charge in [0.05, 0.1) is 13.2 Å². The summed E-state index contributed by atoms with van der Waals surface area (Å²) in [5, 5.41) is 4.84. The monoisotopic (exact) mass is 357 g/mol. The number of anilines is 1. The molecule has 0 radical (unpaired) electrons. The van der Waals surface area contributed by atoms with Gasteiger partial charge in [-0.2, -0.15) is 0 Å². The third kappa shape index (κ3) is 3.26. The Kier molecular flexibility index (Phi) is 4.55. The minimum Gasteiger partial charge on any atom is -0.496 e. The maximum Gasteiger partial charge on any atom is 0.126 e. The van der Waals surface area contributed by atoms with E-state index in [4.69, 9.17) is 4.74 Å². The van der Waals surface area contributed by atoms with Crippen LogP contribution in [0.5, 0.6) is 5.75 Å². The third-order valence-corrected chi connectivity index (χ3v) is 4.86. The molecule has 0 spiro atoms.